The molecule has 0 aromatic heterocycles. The van der Waals surface area contributed by atoms with Gasteiger partial charge in [-0.1, -0.05) is 0 Å². The number of ether oxygens (including phenoxy) is 1. The summed E-state index contributed by atoms with van der Waals surface area (Å²) in [6.45, 7) is 1.82. The lowest BCUT2D eigenvalue weighted by molar-refractivity contribution is -0.125. The van der Waals surface area contributed by atoms with E-state index in [0.29, 0.717) is 12.2 Å². The highest BCUT2D eigenvalue weighted by Gasteiger charge is 2.42. The number of rotatable bonds is 2. The fourth-order valence-electron chi connectivity index (χ4n) is 2.97. The number of carbonyl (C=O) groups excluding carboxylic acids is 1. The molecule has 0 saturated carbocycles. The van der Waals surface area contributed by atoms with E-state index < -0.39 is 0 Å². The van der Waals surface area contributed by atoms with Crippen LogP contribution in [-0.2, 0) is 9.53 Å². The van der Waals surface area contributed by atoms with Crippen molar-refractivity contribution >= 4 is 5.91 Å². The Balaban J connectivity index is 1.54. The van der Waals surface area contributed by atoms with Crippen molar-refractivity contribution in [1.82, 2.24) is 10.6 Å². The summed E-state index contributed by atoms with van der Waals surface area (Å²) >= 11 is 0. The van der Waals surface area contributed by atoms with Crippen molar-refractivity contribution in [1.29, 1.82) is 0 Å². The van der Waals surface area contributed by atoms with Gasteiger partial charge in [0, 0.05) is 6.54 Å². The van der Waals surface area contributed by atoms with E-state index in [1.807, 2.05) is 0 Å². The second-order valence-corrected chi connectivity index (χ2v) is 4.91. The number of fused-ring (bicyclic) bond motifs is 2. The van der Waals surface area contributed by atoms with Gasteiger partial charge in [0.15, 0.2) is 0 Å². The molecule has 3 rings (SSSR count). The van der Waals surface area contributed by atoms with Gasteiger partial charge >= 0.3 is 0 Å². The van der Waals surface area contributed by atoms with E-state index in [2.05, 4.69) is 10.6 Å². The molecule has 0 aromatic rings. The summed E-state index contributed by atoms with van der Waals surface area (Å²) in [6, 6.07) is 0.289. The van der Waals surface area contributed by atoms with Gasteiger partial charge in [-0.15, -0.1) is 0 Å². The van der Waals surface area contributed by atoms with Crippen LogP contribution >= 0.6 is 0 Å². The van der Waals surface area contributed by atoms with Gasteiger partial charge in [-0.25, -0.2) is 0 Å². The molecule has 4 heteroatoms. The fraction of sp³-hybridized carbons (Fsp3) is 0.909. The van der Waals surface area contributed by atoms with Crippen molar-refractivity contribution in [2.24, 2.45) is 5.92 Å². The molecule has 3 heterocycles. The molecule has 2 N–H and O–H groups in total. The Morgan fingerprint density at radius 1 is 1.33 bits per heavy atom. The van der Waals surface area contributed by atoms with E-state index >= 15 is 0 Å². The van der Waals surface area contributed by atoms with Crippen molar-refractivity contribution in [2.75, 3.05) is 13.1 Å². The Labute approximate surface area is 89.7 Å². The van der Waals surface area contributed by atoms with Crippen LogP contribution < -0.4 is 10.6 Å². The predicted octanol–water partition coefficient (Wildman–Crippen LogP) is 0.0320. The van der Waals surface area contributed by atoms with Gasteiger partial charge in [0.1, 0.15) is 0 Å². The summed E-state index contributed by atoms with van der Waals surface area (Å²) in [5.74, 6) is 0.408. The number of amides is 1. The molecule has 15 heavy (non-hydrogen) atoms. The number of nitrogens with one attached hydrogen (secondary N) is 2. The van der Waals surface area contributed by atoms with Crippen molar-refractivity contribution in [3.8, 4) is 0 Å². The molecule has 4 atom stereocenters. The summed E-state index contributed by atoms with van der Waals surface area (Å²) in [5.41, 5.74) is 0. The van der Waals surface area contributed by atoms with Crippen LogP contribution in [0.4, 0.5) is 0 Å². The molecule has 3 fully saturated rings. The van der Waals surface area contributed by atoms with Crippen LogP contribution in [0, 0.1) is 5.92 Å². The number of hydrogen-bond donors (Lipinski definition) is 2. The summed E-state index contributed by atoms with van der Waals surface area (Å²) in [7, 11) is 0. The maximum absolute atomic E-state index is 11.9. The Bertz CT molecular complexity index is 263. The molecule has 1 amide bonds. The fourth-order valence-corrected chi connectivity index (χ4v) is 2.97. The van der Waals surface area contributed by atoms with Gasteiger partial charge < -0.3 is 15.4 Å². The molecule has 0 aromatic carbocycles. The topological polar surface area (TPSA) is 50.4 Å². The third-order valence-corrected chi connectivity index (χ3v) is 3.86. The van der Waals surface area contributed by atoms with Crippen molar-refractivity contribution in [3.05, 3.63) is 0 Å². The zero-order chi connectivity index (χ0) is 10.3. The predicted molar refractivity (Wildman–Crippen MR) is 55.4 cm³/mol. The molecule has 3 aliphatic rings. The maximum atomic E-state index is 11.9. The Hall–Kier alpha value is -0.610. The third-order valence-electron chi connectivity index (χ3n) is 3.86. The number of hydrogen-bond acceptors (Lipinski definition) is 3. The Morgan fingerprint density at radius 2 is 2.27 bits per heavy atom. The lowest BCUT2D eigenvalue weighted by Gasteiger charge is -2.21. The highest BCUT2D eigenvalue weighted by Crippen LogP contribution is 2.34. The average molecular weight is 210 g/mol. The van der Waals surface area contributed by atoms with Gasteiger partial charge in [-0.05, 0) is 32.2 Å². The molecule has 3 aliphatic heterocycles. The maximum Gasteiger partial charge on any atom is 0.224 e. The van der Waals surface area contributed by atoms with Gasteiger partial charge in [-0.3, -0.25) is 4.79 Å². The summed E-state index contributed by atoms with van der Waals surface area (Å²) in [5, 5.41) is 6.37. The van der Waals surface area contributed by atoms with Crippen LogP contribution in [0.3, 0.4) is 0 Å². The minimum atomic E-state index is 0.184. The first-order chi connectivity index (χ1) is 7.33. The van der Waals surface area contributed by atoms with Gasteiger partial charge in [0.05, 0.1) is 24.2 Å². The van der Waals surface area contributed by atoms with Crippen LogP contribution in [0.25, 0.3) is 0 Å². The molecule has 84 valence electrons. The van der Waals surface area contributed by atoms with E-state index in [4.69, 9.17) is 4.74 Å². The van der Waals surface area contributed by atoms with E-state index in [0.717, 1.165) is 32.4 Å². The second kappa shape index (κ2) is 3.76. The molecule has 0 aliphatic carbocycles. The van der Waals surface area contributed by atoms with E-state index in [9.17, 15) is 4.79 Å². The van der Waals surface area contributed by atoms with Crippen LogP contribution in [0.15, 0.2) is 0 Å². The van der Waals surface area contributed by atoms with Crippen LogP contribution in [0.5, 0.6) is 0 Å². The Morgan fingerprint density at radius 3 is 2.87 bits per heavy atom. The zero-order valence-electron chi connectivity index (χ0n) is 8.87. The van der Waals surface area contributed by atoms with Crippen molar-refractivity contribution < 1.29 is 9.53 Å². The molecule has 2 bridgehead atoms. The standard InChI is InChI=1S/C11H18N2O2/c14-11(7-3-4-12-6-7)13-9-5-8-1-2-10(9)15-8/h7-10,12H,1-6H2,(H,13,14)/t7?,8-,9-,10+/m1/s1. The van der Waals surface area contributed by atoms with Crippen LogP contribution in [0.1, 0.15) is 25.7 Å². The quantitative estimate of drug-likeness (QED) is 0.676. The molecular formula is C11H18N2O2. The highest BCUT2D eigenvalue weighted by atomic mass is 16.5. The van der Waals surface area contributed by atoms with E-state index in [1.54, 1.807) is 0 Å². The molecular weight excluding hydrogens is 192 g/mol. The number of carbonyl (C=O) groups is 1. The molecule has 0 radical (unpaired) electrons. The first-order valence-corrected chi connectivity index (χ1v) is 5.99. The van der Waals surface area contributed by atoms with E-state index in [-0.39, 0.29) is 17.9 Å². The summed E-state index contributed by atoms with van der Waals surface area (Å²) < 4.78 is 5.72. The van der Waals surface area contributed by atoms with Gasteiger partial charge in [0.25, 0.3) is 0 Å². The highest BCUT2D eigenvalue weighted by molar-refractivity contribution is 5.79. The minimum Gasteiger partial charge on any atom is -0.373 e. The van der Waals surface area contributed by atoms with Crippen molar-refractivity contribution in [3.63, 3.8) is 0 Å². The second-order valence-electron chi connectivity index (χ2n) is 4.91. The molecule has 0 spiro atoms. The molecule has 4 nitrogen and oxygen atoms in total. The average Bonchev–Trinajstić information content (AvgIpc) is 2.95. The summed E-state index contributed by atoms with van der Waals surface area (Å²) in [4.78, 5) is 11.9. The smallest absolute Gasteiger partial charge is 0.224 e. The largest absolute Gasteiger partial charge is 0.373 e. The van der Waals surface area contributed by atoms with Gasteiger partial charge in [0.2, 0.25) is 5.91 Å². The molecule has 1 unspecified atom stereocenters. The first kappa shape index (κ1) is 9.60. The zero-order valence-corrected chi connectivity index (χ0v) is 8.87. The van der Waals surface area contributed by atoms with Gasteiger partial charge in [-0.2, -0.15) is 0 Å². The van der Waals surface area contributed by atoms with E-state index in [1.165, 1.54) is 6.42 Å². The molecule has 3 saturated heterocycles. The lowest BCUT2D eigenvalue weighted by atomic mass is 9.95. The Kier molecular flexibility index (Phi) is 2.41. The summed E-state index contributed by atoms with van der Waals surface area (Å²) in [6.07, 6.45) is 5.03. The normalized spacial score (nSPS) is 43.5. The van der Waals surface area contributed by atoms with Crippen LogP contribution in [-0.4, -0.2) is 37.2 Å². The first-order valence-electron chi connectivity index (χ1n) is 5.99. The van der Waals surface area contributed by atoms with Crippen molar-refractivity contribution in [2.45, 2.75) is 43.9 Å². The SMILES string of the molecule is O=C(N[C@@H]1C[C@H]2CC[C@@H]1O2)C1CCNC1. The third kappa shape index (κ3) is 1.76. The van der Waals surface area contributed by atoms with Crippen LogP contribution in [0.2, 0.25) is 0 Å². The monoisotopic (exact) mass is 210 g/mol. The lowest BCUT2D eigenvalue weighted by Crippen LogP contribution is -2.44. The minimum absolute atomic E-state index is 0.184.